The number of hydrogen-bond acceptors (Lipinski definition) is 2. The predicted molar refractivity (Wildman–Crippen MR) is 152 cm³/mol. The van der Waals surface area contributed by atoms with E-state index < -0.39 is 0 Å². The summed E-state index contributed by atoms with van der Waals surface area (Å²) in [5.41, 5.74) is 11.9. The fourth-order valence-corrected chi connectivity index (χ4v) is 6.98. The first-order chi connectivity index (χ1) is 17.7. The number of ether oxygens (including phenoxy) is 1. The summed E-state index contributed by atoms with van der Waals surface area (Å²) in [5, 5.41) is 2.52. The first-order valence-electron chi connectivity index (χ1n) is 12.6. The molecule has 0 unspecified atom stereocenters. The topological polar surface area (TPSA) is 9.23 Å². The van der Waals surface area contributed by atoms with Crippen LogP contribution in [0.2, 0.25) is 0 Å². The van der Waals surface area contributed by atoms with Crippen LogP contribution in [0.5, 0.6) is 5.75 Å². The van der Waals surface area contributed by atoms with Crippen molar-refractivity contribution in [3.63, 3.8) is 0 Å². The molecule has 0 atom stereocenters. The van der Waals surface area contributed by atoms with Crippen molar-refractivity contribution in [2.75, 3.05) is 6.61 Å². The lowest BCUT2D eigenvalue weighted by atomic mass is 9.83. The van der Waals surface area contributed by atoms with Crippen LogP contribution in [-0.2, 0) is 0 Å². The fraction of sp³-hybridized carbons (Fsp3) is 0.118. The Morgan fingerprint density at radius 2 is 1.44 bits per heavy atom. The molecule has 0 aliphatic carbocycles. The minimum absolute atomic E-state index is 0.700. The van der Waals surface area contributed by atoms with E-state index in [4.69, 9.17) is 4.74 Å². The molecule has 0 radical (unpaired) electrons. The Kier molecular flexibility index (Phi) is 5.04. The standard InChI is InChI=1S/C34H26OS/c1-21-8-7-9-22(2)32(21)24-15-17-31-28(20-24)33(26-12-5-6-13-30(26)36-31)27-18-19-35-29-16-14-23-10-3-4-11-25(23)34(27)29/h3-17,20H,18-19H2,1-2H3/b33-27-. The molecule has 2 heteroatoms. The van der Waals surface area contributed by atoms with Gasteiger partial charge in [0.05, 0.1) is 6.61 Å². The molecule has 0 aromatic heterocycles. The van der Waals surface area contributed by atoms with Gasteiger partial charge in [0.25, 0.3) is 0 Å². The van der Waals surface area contributed by atoms with E-state index in [1.165, 1.54) is 70.7 Å². The second kappa shape index (κ2) is 8.43. The van der Waals surface area contributed by atoms with E-state index in [2.05, 4.69) is 111 Å². The molecule has 174 valence electrons. The van der Waals surface area contributed by atoms with Gasteiger partial charge in [-0.2, -0.15) is 0 Å². The van der Waals surface area contributed by atoms with Gasteiger partial charge < -0.3 is 4.74 Å². The predicted octanol–water partition coefficient (Wildman–Crippen LogP) is 9.33. The average Bonchev–Trinajstić information content (AvgIpc) is 2.91. The molecule has 0 amide bonds. The second-order valence-electron chi connectivity index (χ2n) is 9.69. The van der Waals surface area contributed by atoms with Crippen LogP contribution in [0, 0.1) is 13.8 Å². The molecule has 5 aromatic rings. The molecule has 1 nitrogen and oxygen atoms in total. The second-order valence-corrected chi connectivity index (χ2v) is 10.8. The molecule has 36 heavy (non-hydrogen) atoms. The van der Waals surface area contributed by atoms with E-state index in [0.717, 1.165) is 12.2 Å². The Labute approximate surface area is 216 Å². The van der Waals surface area contributed by atoms with E-state index in [0.29, 0.717) is 6.61 Å². The smallest absolute Gasteiger partial charge is 0.127 e. The minimum Gasteiger partial charge on any atom is -0.493 e. The van der Waals surface area contributed by atoms with Gasteiger partial charge in [-0.3, -0.25) is 0 Å². The van der Waals surface area contributed by atoms with Gasteiger partial charge in [0.15, 0.2) is 0 Å². The zero-order valence-corrected chi connectivity index (χ0v) is 21.3. The molecule has 2 heterocycles. The van der Waals surface area contributed by atoms with Crippen molar-refractivity contribution in [1.29, 1.82) is 0 Å². The summed E-state index contributed by atoms with van der Waals surface area (Å²) in [7, 11) is 0. The third-order valence-electron chi connectivity index (χ3n) is 7.50. The summed E-state index contributed by atoms with van der Waals surface area (Å²) >= 11 is 1.88. The van der Waals surface area contributed by atoms with Gasteiger partial charge in [0.1, 0.15) is 5.75 Å². The molecule has 7 rings (SSSR count). The van der Waals surface area contributed by atoms with Crippen LogP contribution in [0.1, 0.15) is 34.2 Å². The van der Waals surface area contributed by atoms with Crippen molar-refractivity contribution >= 4 is 33.7 Å². The van der Waals surface area contributed by atoms with Gasteiger partial charge >= 0.3 is 0 Å². The zero-order chi connectivity index (χ0) is 24.2. The lowest BCUT2D eigenvalue weighted by Gasteiger charge is -2.29. The molecule has 0 saturated heterocycles. The first-order valence-corrected chi connectivity index (χ1v) is 13.4. The van der Waals surface area contributed by atoms with E-state index in [1.807, 2.05) is 11.8 Å². The van der Waals surface area contributed by atoms with Gasteiger partial charge in [-0.05, 0) is 93.4 Å². The van der Waals surface area contributed by atoms with Crippen molar-refractivity contribution in [2.24, 2.45) is 0 Å². The van der Waals surface area contributed by atoms with Crippen molar-refractivity contribution in [3.05, 3.63) is 125 Å². The number of fused-ring (bicyclic) bond motifs is 5. The van der Waals surface area contributed by atoms with Crippen molar-refractivity contribution in [2.45, 2.75) is 30.1 Å². The lowest BCUT2D eigenvalue weighted by molar-refractivity contribution is 0.317. The highest BCUT2D eigenvalue weighted by molar-refractivity contribution is 7.99. The van der Waals surface area contributed by atoms with Crippen LogP contribution in [0.3, 0.4) is 0 Å². The molecule has 5 aromatic carbocycles. The van der Waals surface area contributed by atoms with E-state index in [-0.39, 0.29) is 0 Å². The summed E-state index contributed by atoms with van der Waals surface area (Å²) in [6, 6.07) is 35.5. The number of benzene rings is 5. The average molecular weight is 483 g/mol. The van der Waals surface area contributed by atoms with Crippen LogP contribution in [0.15, 0.2) is 107 Å². The summed E-state index contributed by atoms with van der Waals surface area (Å²) in [6.07, 6.45) is 0.891. The summed E-state index contributed by atoms with van der Waals surface area (Å²) in [4.78, 5) is 2.64. The highest BCUT2D eigenvalue weighted by atomic mass is 32.2. The zero-order valence-electron chi connectivity index (χ0n) is 20.5. The van der Waals surface area contributed by atoms with Crippen molar-refractivity contribution < 1.29 is 4.74 Å². The third kappa shape index (κ3) is 3.32. The highest BCUT2D eigenvalue weighted by Crippen LogP contribution is 2.52. The lowest BCUT2D eigenvalue weighted by Crippen LogP contribution is -2.12. The Morgan fingerprint density at radius 1 is 0.667 bits per heavy atom. The number of aryl methyl sites for hydroxylation is 2. The maximum absolute atomic E-state index is 6.21. The Hall–Kier alpha value is -3.75. The van der Waals surface area contributed by atoms with Crippen LogP contribution >= 0.6 is 11.8 Å². The van der Waals surface area contributed by atoms with Crippen LogP contribution < -0.4 is 4.74 Å². The SMILES string of the molecule is Cc1cccc(C)c1-c1ccc2c(c1)/C(=C1/CCOc3ccc4ccccc4c31)c1ccccc1S2. The summed E-state index contributed by atoms with van der Waals surface area (Å²) < 4.78 is 6.21. The first kappa shape index (κ1) is 21.5. The maximum Gasteiger partial charge on any atom is 0.127 e. The van der Waals surface area contributed by atoms with Gasteiger partial charge in [-0.25, -0.2) is 0 Å². The Bertz CT molecular complexity index is 1690. The van der Waals surface area contributed by atoms with Crippen molar-refractivity contribution in [1.82, 2.24) is 0 Å². The molecular formula is C34H26OS. The molecule has 0 saturated carbocycles. The van der Waals surface area contributed by atoms with Gasteiger partial charge in [0.2, 0.25) is 0 Å². The van der Waals surface area contributed by atoms with Crippen LogP contribution in [0.4, 0.5) is 0 Å². The normalized spacial score (nSPS) is 16.2. The number of hydrogen-bond donors (Lipinski definition) is 0. The van der Waals surface area contributed by atoms with E-state index >= 15 is 0 Å². The molecule has 0 fully saturated rings. The van der Waals surface area contributed by atoms with Gasteiger partial charge in [-0.1, -0.05) is 84.6 Å². The maximum atomic E-state index is 6.21. The summed E-state index contributed by atoms with van der Waals surface area (Å²) in [5.74, 6) is 0.991. The van der Waals surface area contributed by atoms with Gasteiger partial charge in [-0.15, -0.1) is 0 Å². The Morgan fingerprint density at radius 3 is 2.33 bits per heavy atom. The van der Waals surface area contributed by atoms with E-state index in [9.17, 15) is 0 Å². The fourth-order valence-electron chi connectivity index (χ4n) is 5.91. The monoisotopic (exact) mass is 482 g/mol. The quantitative estimate of drug-likeness (QED) is 0.231. The van der Waals surface area contributed by atoms with Gasteiger partial charge in [0, 0.05) is 21.8 Å². The Balaban J connectivity index is 1.57. The van der Waals surface area contributed by atoms with E-state index in [1.54, 1.807) is 0 Å². The van der Waals surface area contributed by atoms with Crippen LogP contribution in [0.25, 0.3) is 33.0 Å². The molecule has 2 aliphatic heterocycles. The molecule has 0 N–H and O–H groups in total. The largest absolute Gasteiger partial charge is 0.493 e. The summed E-state index contributed by atoms with van der Waals surface area (Å²) in [6.45, 7) is 5.13. The molecule has 0 spiro atoms. The molecule has 0 bridgehead atoms. The minimum atomic E-state index is 0.700. The third-order valence-corrected chi connectivity index (χ3v) is 8.65. The van der Waals surface area contributed by atoms with Crippen molar-refractivity contribution in [3.8, 4) is 16.9 Å². The van der Waals surface area contributed by atoms with Crippen LogP contribution in [-0.4, -0.2) is 6.61 Å². The number of rotatable bonds is 1. The highest BCUT2D eigenvalue weighted by Gasteiger charge is 2.28. The molecule has 2 aliphatic rings. The molecular weight excluding hydrogens is 456 g/mol.